The molecule has 5 aliphatic carbocycles. The molecule has 0 radical (unpaired) electrons. The van der Waals surface area contributed by atoms with Crippen LogP contribution in [0.2, 0.25) is 0 Å². The lowest BCUT2D eigenvalue weighted by molar-refractivity contribution is -0.140. The minimum Gasteiger partial charge on any atom is -0.352 e. The van der Waals surface area contributed by atoms with Crippen molar-refractivity contribution in [1.29, 1.82) is 0 Å². The highest BCUT2D eigenvalue weighted by atomic mass is 32.2. The molecular formula is C37H51N3O4S. The van der Waals surface area contributed by atoms with Crippen molar-refractivity contribution in [3.05, 3.63) is 65.2 Å². The standard InChI is InChI=1S/C37H51N3O4S/c1-4-34(36(42)38-32-12-6-5-7-13-32)39(24-30-11-9-8-10-26(30)2)35(41)25-40(45(3,43)44)33-16-14-31(15-17-33)37-21-27-18-28(22-37)20-29(19-27)23-37/h8-11,14-17,27-29,32,34H,4-7,12-13,18-25H2,1-3H3,(H,38,42). The van der Waals surface area contributed by atoms with Gasteiger partial charge in [0.05, 0.1) is 11.9 Å². The molecule has 2 aromatic rings. The van der Waals surface area contributed by atoms with Crippen LogP contribution in [0.5, 0.6) is 0 Å². The van der Waals surface area contributed by atoms with Gasteiger partial charge in [0.15, 0.2) is 0 Å². The van der Waals surface area contributed by atoms with Crippen molar-refractivity contribution in [3.63, 3.8) is 0 Å². The lowest BCUT2D eigenvalue weighted by atomic mass is 9.48. The van der Waals surface area contributed by atoms with Gasteiger partial charge in [-0.1, -0.05) is 62.6 Å². The summed E-state index contributed by atoms with van der Waals surface area (Å²) in [4.78, 5) is 29.5. The summed E-state index contributed by atoms with van der Waals surface area (Å²) in [5.74, 6) is 1.93. The van der Waals surface area contributed by atoms with Crippen LogP contribution in [0.15, 0.2) is 48.5 Å². The maximum Gasteiger partial charge on any atom is 0.244 e. The summed E-state index contributed by atoms with van der Waals surface area (Å²) >= 11 is 0. The van der Waals surface area contributed by atoms with Gasteiger partial charge >= 0.3 is 0 Å². The molecule has 7 nitrogen and oxygen atoms in total. The van der Waals surface area contributed by atoms with Crippen LogP contribution in [-0.2, 0) is 31.6 Å². The van der Waals surface area contributed by atoms with Gasteiger partial charge in [0.2, 0.25) is 21.8 Å². The van der Waals surface area contributed by atoms with E-state index in [1.165, 1.54) is 54.8 Å². The van der Waals surface area contributed by atoms with Gasteiger partial charge < -0.3 is 10.2 Å². The highest BCUT2D eigenvalue weighted by Crippen LogP contribution is 2.60. The molecule has 5 saturated carbocycles. The molecule has 1 unspecified atom stereocenters. The highest BCUT2D eigenvalue weighted by molar-refractivity contribution is 7.92. The van der Waals surface area contributed by atoms with E-state index in [4.69, 9.17) is 0 Å². The number of hydrogen-bond acceptors (Lipinski definition) is 4. The predicted octanol–water partition coefficient (Wildman–Crippen LogP) is 6.49. The van der Waals surface area contributed by atoms with E-state index in [1.54, 1.807) is 4.90 Å². The van der Waals surface area contributed by atoms with E-state index in [9.17, 15) is 18.0 Å². The number of rotatable bonds is 11. The number of sulfonamides is 1. The van der Waals surface area contributed by atoms with Gasteiger partial charge in [0, 0.05) is 12.6 Å². The molecule has 1 atom stereocenters. The molecule has 5 fully saturated rings. The first-order valence-corrected chi connectivity index (χ1v) is 19.1. The van der Waals surface area contributed by atoms with E-state index in [1.807, 2.05) is 50.2 Å². The van der Waals surface area contributed by atoms with Crippen molar-refractivity contribution in [3.8, 4) is 0 Å². The summed E-state index contributed by atoms with van der Waals surface area (Å²) in [6.07, 6.45) is 14.7. The van der Waals surface area contributed by atoms with Crippen molar-refractivity contribution in [2.45, 2.75) is 115 Å². The predicted molar refractivity (Wildman–Crippen MR) is 179 cm³/mol. The van der Waals surface area contributed by atoms with Gasteiger partial charge in [-0.25, -0.2) is 8.42 Å². The van der Waals surface area contributed by atoms with Crippen molar-refractivity contribution >= 4 is 27.5 Å². The van der Waals surface area contributed by atoms with E-state index in [0.29, 0.717) is 12.1 Å². The third-order valence-corrected chi connectivity index (χ3v) is 12.6. The van der Waals surface area contributed by atoms with E-state index in [2.05, 4.69) is 17.4 Å². The number of nitrogens with zero attached hydrogens (tertiary/aromatic N) is 2. The van der Waals surface area contributed by atoms with Crippen molar-refractivity contribution in [1.82, 2.24) is 10.2 Å². The van der Waals surface area contributed by atoms with Crippen molar-refractivity contribution in [2.24, 2.45) is 17.8 Å². The Morgan fingerprint density at radius 1 is 0.911 bits per heavy atom. The molecule has 0 spiro atoms. The molecule has 1 N–H and O–H groups in total. The van der Waals surface area contributed by atoms with Crippen LogP contribution >= 0.6 is 0 Å². The summed E-state index contributed by atoms with van der Waals surface area (Å²) in [7, 11) is -3.78. The zero-order valence-corrected chi connectivity index (χ0v) is 28.2. The van der Waals surface area contributed by atoms with Crippen LogP contribution in [0.25, 0.3) is 0 Å². The average Bonchev–Trinajstić information content (AvgIpc) is 3.00. The molecule has 45 heavy (non-hydrogen) atoms. The summed E-state index contributed by atoms with van der Waals surface area (Å²) in [5, 5.41) is 3.22. The number of carbonyl (C=O) groups is 2. The van der Waals surface area contributed by atoms with Crippen LogP contribution in [-0.4, -0.2) is 50.0 Å². The first-order valence-electron chi connectivity index (χ1n) is 17.3. The van der Waals surface area contributed by atoms with Gasteiger partial charge in [0.1, 0.15) is 12.6 Å². The second kappa shape index (κ2) is 13.1. The second-order valence-electron chi connectivity index (χ2n) is 14.7. The largest absolute Gasteiger partial charge is 0.352 e. The molecule has 7 rings (SSSR count). The van der Waals surface area contributed by atoms with Crippen molar-refractivity contribution < 1.29 is 18.0 Å². The number of anilines is 1. The maximum absolute atomic E-state index is 14.2. The summed E-state index contributed by atoms with van der Waals surface area (Å²) < 4.78 is 27.7. The lowest BCUT2D eigenvalue weighted by Crippen LogP contribution is -2.54. The zero-order chi connectivity index (χ0) is 31.8. The zero-order valence-electron chi connectivity index (χ0n) is 27.3. The fraction of sp³-hybridized carbons (Fsp3) is 0.622. The van der Waals surface area contributed by atoms with Crippen LogP contribution in [0, 0.1) is 24.7 Å². The number of benzene rings is 2. The molecule has 0 heterocycles. The Balaban J connectivity index is 1.25. The second-order valence-corrected chi connectivity index (χ2v) is 16.6. The van der Waals surface area contributed by atoms with E-state index < -0.39 is 16.1 Å². The first kappa shape index (κ1) is 32.1. The Morgan fingerprint density at radius 3 is 2.07 bits per heavy atom. The quantitative estimate of drug-likeness (QED) is 0.307. The fourth-order valence-electron chi connectivity index (χ4n) is 9.49. The molecule has 0 aromatic heterocycles. The van der Waals surface area contributed by atoms with Gasteiger partial charge in [-0.15, -0.1) is 0 Å². The summed E-state index contributed by atoms with van der Waals surface area (Å²) in [6, 6.07) is 15.3. The normalized spacial score (nSPS) is 26.8. The summed E-state index contributed by atoms with van der Waals surface area (Å²) in [5.41, 5.74) is 3.99. The first-order chi connectivity index (χ1) is 21.5. The van der Waals surface area contributed by atoms with Crippen LogP contribution < -0.4 is 9.62 Å². The van der Waals surface area contributed by atoms with Gasteiger partial charge in [0.25, 0.3) is 0 Å². The number of hydrogen-bond donors (Lipinski definition) is 1. The SMILES string of the molecule is CCC(C(=O)NC1CCCCC1)N(Cc1ccccc1C)C(=O)CN(c1ccc(C23CC4CC(CC(C4)C2)C3)cc1)S(C)(=O)=O. The molecule has 0 aliphatic heterocycles. The van der Waals surface area contributed by atoms with E-state index >= 15 is 0 Å². The molecule has 4 bridgehead atoms. The maximum atomic E-state index is 14.2. The van der Waals surface area contributed by atoms with Gasteiger partial charge in [-0.05, 0) is 117 Å². The molecule has 8 heteroatoms. The Morgan fingerprint density at radius 2 is 1.51 bits per heavy atom. The highest BCUT2D eigenvalue weighted by Gasteiger charge is 2.51. The Hall–Kier alpha value is -2.87. The third kappa shape index (κ3) is 6.96. The van der Waals surface area contributed by atoms with Crippen LogP contribution in [0.1, 0.15) is 101 Å². The van der Waals surface area contributed by atoms with Crippen molar-refractivity contribution in [2.75, 3.05) is 17.1 Å². The number of amides is 2. The van der Waals surface area contributed by atoms with Gasteiger partial charge in [-0.2, -0.15) is 0 Å². The van der Waals surface area contributed by atoms with Gasteiger partial charge in [-0.3, -0.25) is 13.9 Å². The average molecular weight is 634 g/mol. The number of carbonyl (C=O) groups excluding carboxylic acids is 2. The molecule has 0 saturated heterocycles. The smallest absolute Gasteiger partial charge is 0.244 e. The topological polar surface area (TPSA) is 86.8 Å². The number of aryl methyl sites for hydroxylation is 1. The third-order valence-electron chi connectivity index (χ3n) is 11.4. The minimum absolute atomic E-state index is 0.121. The molecule has 244 valence electrons. The molecule has 2 aromatic carbocycles. The molecule has 5 aliphatic rings. The van der Waals surface area contributed by atoms with Crippen LogP contribution in [0.3, 0.4) is 0 Å². The van der Waals surface area contributed by atoms with Crippen LogP contribution in [0.4, 0.5) is 5.69 Å². The monoisotopic (exact) mass is 633 g/mol. The fourth-order valence-corrected chi connectivity index (χ4v) is 10.3. The van der Waals surface area contributed by atoms with E-state index in [-0.39, 0.29) is 36.4 Å². The Bertz CT molecular complexity index is 1450. The number of nitrogens with one attached hydrogen (secondary N) is 1. The molecular weight excluding hydrogens is 582 g/mol. The summed E-state index contributed by atoms with van der Waals surface area (Å²) in [6.45, 7) is 3.80. The molecule has 2 amide bonds. The lowest BCUT2D eigenvalue weighted by Gasteiger charge is -2.57. The Labute approximate surface area is 270 Å². The minimum atomic E-state index is -3.78. The Kier molecular flexibility index (Phi) is 9.33. The van der Waals surface area contributed by atoms with E-state index in [0.717, 1.165) is 60.8 Å².